The molecule has 0 saturated carbocycles. The van der Waals surface area contributed by atoms with Gasteiger partial charge >= 0.3 is 0 Å². The molecule has 2 amide bonds. The fourth-order valence-corrected chi connectivity index (χ4v) is 4.61. The minimum Gasteiger partial charge on any atom is -0.326 e. The predicted molar refractivity (Wildman–Crippen MR) is 128 cm³/mol. The standard InChI is InChI=1S/C23H20ClN5O4S/c1-14-25-20-10-11-21(23(31)28-34(32,33)18-6-4-3-5-7-18)27-22(20)29(14)13-16-8-9-17(12-19(16)24)26-15(2)30/h3-12H,13H2,1-2H3,(H,26,30)(H,28,31). The molecule has 174 valence electrons. The summed E-state index contributed by atoms with van der Waals surface area (Å²) >= 11 is 6.41. The number of halogens is 1. The summed E-state index contributed by atoms with van der Waals surface area (Å²) in [7, 11) is -4.04. The van der Waals surface area contributed by atoms with Crippen molar-refractivity contribution >= 4 is 50.3 Å². The maximum atomic E-state index is 12.7. The van der Waals surface area contributed by atoms with Crippen LogP contribution in [0, 0.1) is 6.92 Å². The first kappa shape index (κ1) is 23.4. The monoisotopic (exact) mass is 497 g/mol. The summed E-state index contributed by atoms with van der Waals surface area (Å²) in [5.74, 6) is -0.419. The molecule has 9 nitrogen and oxygen atoms in total. The van der Waals surface area contributed by atoms with E-state index in [1.807, 2.05) is 4.72 Å². The van der Waals surface area contributed by atoms with Crippen LogP contribution in [0.1, 0.15) is 28.8 Å². The van der Waals surface area contributed by atoms with Gasteiger partial charge in [-0.3, -0.25) is 9.59 Å². The van der Waals surface area contributed by atoms with E-state index in [9.17, 15) is 18.0 Å². The van der Waals surface area contributed by atoms with E-state index in [1.54, 1.807) is 54.0 Å². The Kier molecular flexibility index (Phi) is 6.36. The zero-order valence-electron chi connectivity index (χ0n) is 18.2. The van der Waals surface area contributed by atoms with Crippen LogP contribution in [0.4, 0.5) is 5.69 Å². The second-order valence-electron chi connectivity index (χ2n) is 7.52. The number of nitrogens with zero attached hydrogens (tertiary/aromatic N) is 3. The number of rotatable bonds is 6. The summed E-state index contributed by atoms with van der Waals surface area (Å²) in [6.45, 7) is 3.51. The third-order valence-corrected chi connectivity index (χ3v) is 6.70. The summed E-state index contributed by atoms with van der Waals surface area (Å²) < 4.78 is 28.8. The van der Waals surface area contributed by atoms with Gasteiger partial charge < -0.3 is 9.88 Å². The molecule has 0 aliphatic heterocycles. The van der Waals surface area contributed by atoms with Crippen LogP contribution in [-0.2, 0) is 21.4 Å². The molecule has 0 spiro atoms. The lowest BCUT2D eigenvalue weighted by Gasteiger charge is -2.11. The maximum absolute atomic E-state index is 12.7. The molecular weight excluding hydrogens is 478 g/mol. The first-order chi connectivity index (χ1) is 16.1. The van der Waals surface area contributed by atoms with Gasteiger partial charge in [0.1, 0.15) is 17.0 Å². The van der Waals surface area contributed by atoms with Crippen LogP contribution in [0.15, 0.2) is 65.6 Å². The first-order valence-corrected chi connectivity index (χ1v) is 12.0. The number of sulfonamides is 1. The smallest absolute Gasteiger partial charge is 0.283 e. The van der Waals surface area contributed by atoms with Gasteiger partial charge in [-0.25, -0.2) is 23.1 Å². The molecule has 0 aliphatic rings. The van der Waals surface area contributed by atoms with E-state index in [-0.39, 0.29) is 16.5 Å². The van der Waals surface area contributed by atoms with E-state index in [2.05, 4.69) is 15.3 Å². The lowest BCUT2D eigenvalue weighted by atomic mass is 10.2. The molecule has 0 radical (unpaired) electrons. The number of fused-ring (bicyclic) bond motifs is 1. The Morgan fingerprint density at radius 1 is 1.03 bits per heavy atom. The van der Waals surface area contributed by atoms with Crippen LogP contribution in [0.5, 0.6) is 0 Å². The highest BCUT2D eigenvalue weighted by atomic mass is 35.5. The van der Waals surface area contributed by atoms with Crippen LogP contribution in [0.3, 0.4) is 0 Å². The molecule has 2 aromatic carbocycles. The van der Waals surface area contributed by atoms with Crippen molar-refractivity contribution in [2.75, 3.05) is 5.32 Å². The minimum atomic E-state index is -4.04. The highest BCUT2D eigenvalue weighted by Crippen LogP contribution is 2.24. The van der Waals surface area contributed by atoms with Gasteiger partial charge in [0.25, 0.3) is 15.9 Å². The van der Waals surface area contributed by atoms with Crippen molar-refractivity contribution in [1.29, 1.82) is 0 Å². The molecule has 0 saturated heterocycles. The van der Waals surface area contributed by atoms with Gasteiger partial charge in [-0.15, -0.1) is 0 Å². The van der Waals surface area contributed by atoms with Crippen molar-refractivity contribution in [2.45, 2.75) is 25.3 Å². The summed E-state index contributed by atoms with van der Waals surface area (Å²) in [6, 6.07) is 15.8. The minimum absolute atomic E-state index is 0.0253. The van der Waals surface area contributed by atoms with E-state index in [0.29, 0.717) is 34.2 Å². The highest BCUT2D eigenvalue weighted by Gasteiger charge is 2.21. The van der Waals surface area contributed by atoms with E-state index in [1.165, 1.54) is 25.1 Å². The number of hydrogen-bond donors (Lipinski definition) is 2. The zero-order valence-corrected chi connectivity index (χ0v) is 19.8. The topological polar surface area (TPSA) is 123 Å². The van der Waals surface area contributed by atoms with Gasteiger partial charge in [0, 0.05) is 17.6 Å². The molecule has 4 rings (SSSR count). The van der Waals surface area contributed by atoms with Gasteiger partial charge in [0.05, 0.1) is 11.4 Å². The fourth-order valence-electron chi connectivity index (χ4n) is 3.39. The Labute approximate surface area is 200 Å². The fraction of sp³-hybridized carbons (Fsp3) is 0.130. The molecule has 11 heteroatoms. The number of carbonyl (C=O) groups excluding carboxylic acids is 2. The third-order valence-electron chi connectivity index (χ3n) is 5.00. The Morgan fingerprint density at radius 3 is 2.44 bits per heavy atom. The number of carbonyl (C=O) groups is 2. The maximum Gasteiger partial charge on any atom is 0.283 e. The van der Waals surface area contributed by atoms with E-state index >= 15 is 0 Å². The number of benzene rings is 2. The van der Waals surface area contributed by atoms with Crippen LogP contribution in [0.2, 0.25) is 5.02 Å². The van der Waals surface area contributed by atoms with Crippen LogP contribution in [0.25, 0.3) is 11.2 Å². The number of nitrogens with one attached hydrogen (secondary N) is 2. The van der Waals surface area contributed by atoms with Gasteiger partial charge in [-0.1, -0.05) is 35.9 Å². The average Bonchev–Trinajstić information content (AvgIpc) is 3.09. The molecule has 0 aliphatic carbocycles. The lowest BCUT2D eigenvalue weighted by molar-refractivity contribution is -0.114. The van der Waals surface area contributed by atoms with Crippen molar-refractivity contribution in [2.24, 2.45) is 0 Å². The number of anilines is 1. The second kappa shape index (κ2) is 9.24. The summed E-state index contributed by atoms with van der Waals surface area (Å²) in [5.41, 5.74) is 2.21. The van der Waals surface area contributed by atoms with Crippen molar-refractivity contribution in [1.82, 2.24) is 19.3 Å². The van der Waals surface area contributed by atoms with Gasteiger partial charge in [0.15, 0.2) is 5.65 Å². The largest absolute Gasteiger partial charge is 0.326 e. The lowest BCUT2D eigenvalue weighted by Crippen LogP contribution is -2.31. The molecule has 0 fully saturated rings. The number of hydrogen-bond acceptors (Lipinski definition) is 6. The normalized spacial score (nSPS) is 11.4. The number of aromatic nitrogens is 3. The number of pyridine rings is 1. The van der Waals surface area contributed by atoms with Gasteiger partial charge in [0.2, 0.25) is 5.91 Å². The molecule has 0 bridgehead atoms. The molecule has 34 heavy (non-hydrogen) atoms. The Hall–Kier alpha value is -3.76. The van der Waals surface area contributed by atoms with Crippen LogP contribution >= 0.6 is 11.6 Å². The van der Waals surface area contributed by atoms with Gasteiger partial charge in [-0.2, -0.15) is 0 Å². The van der Waals surface area contributed by atoms with Crippen LogP contribution < -0.4 is 10.0 Å². The molecule has 2 N–H and O–H groups in total. The van der Waals surface area contributed by atoms with Crippen molar-refractivity contribution < 1.29 is 18.0 Å². The summed E-state index contributed by atoms with van der Waals surface area (Å²) in [5, 5.41) is 3.11. The summed E-state index contributed by atoms with van der Waals surface area (Å²) in [6.07, 6.45) is 0. The van der Waals surface area contributed by atoms with Crippen molar-refractivity contribution in [3.05, 3.63) is 82.8 Å². The first-order valence-electron chi connectivity index (χ1n) is 10.2. The Bertz CT molecular complexity index is 1520. The molecular formula is C23H20ClN5O4S. The van der Waals surface area contributed by atoms with E-state index < -0.39 is 15.9 Å². The number of aryl methyl sites for hydroxylation is 1. The number of imidazole rings is 1. The molecule has 4 aromatic rings. The van der Waals surface area contributed by atoms with E-state index in [4.69, 9.17) is 11.6 Å². The Morgan fingerprint density at radius 2 is 1.76 bits per heavy atom. The van der Waals surface area contributed by atoms with Gasteiger partial charge in [-0.05, 0) is 48.9 Å². The molecule has 2 aromatic heterocycles. The zero-order chi connectivity index (χ0) is 24.5. The predicted octanol–water partition coefficient (Wildman–Crippen LogP) is 3.52. The Balaban J connectivity index is 1.64. The quantitative estimate of drug-likeness (QED) is 0.420. The van der Waals surface area contributed by atoms with Crippen molar-refractivity contribution in [3.8, 4) is 0 Å². The molecule has 0 unspecified atom stereocenters. The highest BCUT2D eigenvalue weighted by molar-refractivity contribution is 7.90. The van der Waals surface area contributed by atoms with E-state index in [0.717, 1.165) is 5.56 Å². The third kappa shape index (κ3) is 4.92. The average molecular weight is 498 g/mol. The SMILES string of the molecule is CC(=O)Nc1ccc(Cn2c(C)nc3ccc(C(=O)NS(=O)(=O)c4ccccc4)nc32)c(Cl)c1. The molecule has 0 atom stereocenters. The molecule has 2 heterocycles. The van der Waals surface area contributed by atoms with Crippen molar-refractivity contribution in [3.63, 3.8) is 0 Å². The van der Waals surface area contributed by atoms with Crippen LogP contribution in [-0.4, -0.2) is 34.8 Å². The summed E-state index contributed by atoms with van der Waals surface area (Å²) in [4.78, 5) is 32.8. The number of amides is 2. The second-order valence-corrected chi connectivity index (χ2v) is 9.61.